The summed E-state index contributed by atoms with van der Waals surface area (Å²) < 4.78 is 2.19. The molecule has 0 radical (unpaired) electrons. The number of nitrogens with zero attached hydrogens (tertiary/aromatic N) is 5. The predicted molar refractivity (Wildman–Crippen MR) is 123 cm³/mol. The van der Waals surface area contributed by atoms with Gasteiger partial charge in [0.25, 0.3) is 5.69 Å². The number of hydrogen-bond acceptors (Lipinski definition) is 6. The zero-order chi connectivity index (χ0) is 21.8. The molecule has 1 saturated heterocycles. The number of thioether (sulfide) groups is 1. The highest BCUT2D eigenvalue weighted by Crippen LogP contribution is 2.25. The number of imidazole rings is 1. The van der Waals surface area contributed by atoms with Crippen LogP contribution in [0.3, 0.4) is 0 Å². The highest BCUT2D eigenvalue weighted by atomic mass is 32.2. The number of non-ortho nitro benzene ring substituents is 1. The molecule has 162 valence electrons. The Balaban J connectivity index is 1.34. The summed E-state index contributed by atoms with van der Waals surface area (Å²) in [5.41, 5.74) is 3.10. The summed E-state index contributed by atoms with van der Waals surface area (Å²) in [6.07, 6.45) is 1.01. The highest BCUT2D eigenvalue weighted by Gasteiger charge is 2.22. The van der Waals surface area contributed by atoms with Crippen LogP contribution in [0.4, 0.5) is 11.4 Å². The number of para-hydroxylation sites is 2. The number of hydrogen-bond donors (Lipinski definition) is 0. The van der Waals surface area contributed by atoms with E-state index in [2.05, 4.69) is 22.5 Å². The first-order chi connectivity index (χ1) is 15.1. The SMILES string of the molecule is CCCn1c(SCC(=O)N2CCN(c3ccc([N+](=O)[O-])cc3)CC2)nc2ccccc21. The summed E-state index contributed by atoms with van der Waals surface area (Å²) in [6.45, 7) is 5.72. The van der Waals surface area contributed by atoms with E-state index in [4.69, 9.17) is 4.98 Å². The zero-order valence-electron chi connectivity index (χ0n) is 17.4. The van der Waals surface area contributed by atoms with E-state index in [1.54, 1.807) is 12.1 Å². The molecule has 2 heterocycles. The van der Waals surface area contributed by atoms with Crippen LogP contribution in [0.15, 0.2) is 53.7 Å². The minimum Gasteiger partial charge on any atom is -0.368 e. The number of nitro groups is 1. The molecule has 8 nitrogen and oxygen atoms in total. The van der Waals surface area contributed by atoms with E-state index in [0.29, 0.717) is 31.9 Å². The number of rotatable bonds is 7. The first-order valence-corrected chi connectivity index (χ1v) is 11.4. The molecule has 4 rings (SSSR count). The van der Waals surface area contributed by atoms with Crippen LogP contribution in [0.5, 0.6) is 0 Å². The second-order valence-corrected chi connectivity index (χ2v) is 8.41. The first-order valence-electron chi connectivity index (χ1n) is 10.4. The smallest absolute Gasteiger partial charge is 0.269 e. The Kier molecular flexibility index (Phi) is 6.41. The van der Waals surface area contributed by atoms with Crippen LogP contribution >= 0.6 is 11.8 Å². The molecule has 0 atom stereocenters. The molecule has 0 aliphatic carbocycles. The topological polar surface area (TPSA) is 84.5 Å². The van der Waals surface area contributed by atoms with Gasteiger partial charge in [0.15, 0.2) is 5.16 Å². The number of anilines is 1. The number of fused-ring (bicyclic) bond motifs is 1. The number of carbonyl (C=O) groups is 1. The van der Waals surface area contributed by atoms with Crippen molar-refractivity contribution in [1.82, 2.24) is 14.5 Å². The van der Waals surface area contributed by atoms with Crippen molar-refractivity contribution in [3.63, 3.8) is 0 Å². The van der Waals surface area contributed by atoms with Crippen LogP contribution in [0.25, 0.3) is 11.0 Å². The van der Waals surface area contributed by atoms with E-state index in [9.17, 15) is 14.9 Å². The van der Waals surface area contributed by atoms with Gasteiger partial charge in [0, 0.05) is 50.5 Å². The number of amides is 1. The van der Waals surface area contributed by atoms with Crippen molar-refractivity contribution in [2.45, 2.75) is 25.0 Å². The fraction of sp³-hybridized carbons (Fsp3) is 0.364. The van der Waals surface area contributed by atoms with E-state index in [1.165, 1.54) is 23.9 Å². The van der Waals surface area contributed by atoms with Gasteiger partial charge < -0.3 is 14.4 Å². The van der Waals surface area contributed by atoms with Gasteiger partial charge in [0.1, 0.15) is 0 Å². The Hall–Kier alpha value is -3.07. The molecule has 0 saturated carbocycles. The highest BCUT2D eigenvalue weighted by molar-refractivity contribution is 7.99. The van der Waals surface area contributed by atoms with Crippen molar-refractivity contribution in [2.24, 2.45) is 0 Å². The third-order valence-corrected chi connectivity index (χ3v) is 6.41. The second kappa shape index (κ2) is 9.38. The van der Waals surface area contributed by atoms with Gasteiger partial charge in [-0.25, -0.2) is 4.98 Å². The summed E-state index contributed by atoms with van der Waals surface area (Å²) in [4.78, 5) is 32.0. The number of nitro benzene ring substituents is 1. The van der Waals surface area contributed by atoms with Crippen LogP contribution in [-0.4, -0.2) is 57.2 Å². The lowest BCUT2D eigenvalue weighted by molar-refractivity contribution is -0.384. The van der Waals surface area contributed by atoms with Gasteiger partial charge in [-0.3, -0.25) is 14.9 Å². The maximum absolute atomic E-state index is 12.8. The van der Waals surface area contributed by atoms with Crippen LogP contribution in [0, 0.1) is 10.1 Å². The van der Waals surface area contributed by atoms with Gasteiger partial charge in [-0.05, 0) is 30.7 Å². The molecule has 0 unspecified atom stereocenters. The summed E-state index contributed by atoms with van der Waals surface area (Å²) in [5, 5.41) is 11.7. The minimum absolute atomic E-state index is 0.0867. The Morgan fingerprint density at radius 2 is 1.81 bits per heavy atom. The van der Waals surface area contributed by atoms with Gasteiger partial charge in [-0.15, -0.1) is 0 Å². The quantitative estimate of drug-likeness (QED) is 0.316. The third kappa shape index (κ3) is 4.66. The normalized spacial score (nSPS) is 14.2. The lowest BCUT2D eigenvalue weighted by atomic mass is 10.2. The largest absolute Gasteiger partial charge is 0.368 e. The van der Waals surface area contributed by atoms with E-state index >= 15 is 0 Å². The molecule has 2 aromatic carbocycles. The fourth-order valence-electron chi connectivity index (χ4n) is 3.82. The van der Waals surface area contributed by atoms with Gasteiger partial charge in [0.2, 0.25) is 5.91 Å². The molecule has 9 heteroatoms. The molecule has 1 aromatic heterocycles. The molecular formula is C22H25N5O3S. The zero-order valence-corrected chi connectivity index (χ0v) is 18.3. The van der Waals surface area contributed by atoms with E-state index in [0.717, 1.165) is 34.8 Å². The summed E-state index contributed by atoms with van der Waals surface area (Å²) in [5.74, 6) is 0.480. The van der Waals surface area contributed by atoms with E-state index in [-0.39, 0.29) is 11.6 Å². The molecule has 1 fully saturated rings. The molecule has 31 heavy (non-hydrogen) atoms. The fourth-order valence-corrected chi connectivity index (χ4v) is 4.76. The number of aromatic nitrogens is 2. The Labute approximate surface area is 185 Å². The van der Waals surface area contributed by atoms with Crippen LogP contribution in [0.1, 0.15) is 13.3 Å². The van der Waals surface area contributed by atoms with Crippen molar-refractivity contribution in [2.75, 3.05) is 36.8 Å². The van der Waals surface area contributed by atoms with Crippen LogP contribution < -0.4 is 4.90 Å². The summed E-state index contributed by atoms with van der Waals surface area (Å²) in [6, 6.07) is 14.6. The van der Waals surface area contributed by atoms with Gasteiger partial charge in [0.05, 0.1) is 21.7 Å². The molecule has 1 aliphatic heterocycles. The van der Waals surface area contributed by atoms with Gasteiger partial charge in [-0.2, -0.15) is 0 Å². The van der Waals surface area contributed by atoms with Crippen LogP contribution in [0.2, 0.25) is 0 Å². The molecule has 1 aliphatic rings. The number of aryl methyl sites for hydroxylation is 1. The van der Waals surface area contributed by atoms with Crippen LogP contribution in [-0.2, 0) is 11.3 Å². The first kappa shape index (κ1) is 21.2. The number of carbonyl (C=O) groups excluding carboxylic acids is 1. The predicted octanol–water partition coefficient (Wildman–Crippen LogP) is 3.80. The number of piperazine rings is 1. The summed E-state index contributed by atoms with van der Waals surface area (Å²) >= 11 is 1.50. The molecule has 0 N–H and O–H groups in total. The standard InChI is InChI=1S/C22H25N5O3S/c1-2-11-26-20-6-4-3-5-19(20)23-22(26)31-16-21(28)25-14-12-24(13-15-25)17-7-9-18(10-8-17)27(29)30/h3-10H,2,11-16H2,1H3. The average Bonchev–Trinajstić information content (AvgIpc) is 3.15. The maximum atomic E-state index is 12.8. The lowest BCUT2D eigenvalue weighted by Crippen LogP contribution is -2.49. The van der Waals surface area contributed by atoms with Gasteiger partial charge >= 0.3 is 0 Å². The monoisotopic (exact) mass is 439 g/mol. The van der Waals surface area contributed by atoms with Crippen molar-refractivity contribution in [3.8, 4) is 0 Å². The minimum atomic E-state index is -0.396. The Morgan fingerprint density at radius 1 is 1.10 bits per heavy atom. The number of benzene rings is 2. The van der Waals surface area contributed by atoms with E-state index in [1.807, 2.05) is 23.1 Å². The van der Waals surface area contributed by atoms with Crippen molar-refractivity contribution >= 4 is 40.1 Å². The van der Waals surface area contributed by atoms with E-state index < -0.39 is 4.92 Å². The van der Waals surface area contributed by atoms with Crippen molar-refractivity contribution in [3.05, 3.63) is 58.6 Å². The van der Waals surface area contributed by atoms with Gasteiger partial charge in [-0.1, -0.05) is 30.8 Å². The molecule has 0 spiro atoms. The van der Waals surface area contributed by atoms with Crippen molar-refractivity contribution < 1.29 is 9.72 Å². The Bertz CT molecular complexity index is 1070. The molecule has 0 bridgehead atoms. The maximum Gasteiger partial charge on any atom is 0.269 e. The molecule has 3 aromatic rings. The lowest BCUT2D eigenvalue weighted by Gasteiger charge is -2.36. The molecule has 1 amide bonds. The average molecular weight is 440 g/mol. The summed E-state index contributed by atoms with van der Waals surface area (Å²) in [7, 11) is 0. The Morgan fingerprint density at radius 3 is 2.48 bits per heavy atom. The molecular weight excluding hydrogens is 414 g/mol. The second-order valence-electron chi connectivity index (χ2n) is 7.46. The van der Waals surface area contributed by atoms with Crippen molar-refractivity contribution in [1.29, 1.82) is 0 Å². The third-order valence-electron chi connectivity index (χ3n) is 5.45.